The number of nitrogens with zero attached hydrogens (tertiary/aromatic N) is 1. The Labute approximate surface area is 191 Å². The number of rotatable bonds is 7. The van der Waals surface area contributed by atoms with E-state index in [1.807, 2.05) is 0 Å². The second-order valence-corrected chi connectivity index (χ2v) is 9.93. The van der Waals surface area contributed by atoms with Crippen molar-refractivity contribution in [2.24, 2.45) is 11.3 Å². The highest BCUT2D eigenvalue weighted by atomic mass is 32.1. The Balaban J connectivity index is 1.74. The molecule has 1 atom stereocenters. The Morgan fingerprint density at radius 2 is 1.94 bits per heavy atom. The number of carbonyl (C=O) groups is 2. The van der Waals surface area contributed by atoms with Crippen molar-refractivity contribution in [3.8, 4) is 5.75 Å². The third-order valence-corrected chi connectivity index (χ3v) is 6.81. The quantitative estimate of drug-likeness (QED) is 0.354. The molecule has 0 radical (unpaired) electrons. The maximum absolute atomic E-state index is 12.7. The van der Waals surface area contributed by atoms with Gasteiger partial charge in [0.25, 0.3) is 11.6 Å². The number of non-ortho nitro benzene ring substituents is 1. The van der Waals surface area contributed by atoms with Crippen LogP contribution >= 0.6 is 11.3 Å². The zero-order chi connectivity index (χ0) is 23.5. The van der Waals surface area contributed by atoms with Gasteiger partial charge in [0.2, 0.25) is 0 Å². The number of hydrogen-bond acceptors (Lipinski definition) is 7. The lowest BCUT2D eigenvalue weighted by Crippen LogP contribution is -2.26. The zero-order valence-corrected chi connectivity index (χ0v) is 19.5. The largest absolute Gasteiger partial charge is 0.484 e. The Kier molecular flexibility index (Phi) is 7.18. The van der Waals surface area contributed by atoms with Crippen LogP contribution in [-0.4, -0.2) is 30.0 Å². The molecule has 1 aliphatic rings. The van der Waals surface area contributed by atoms with Gasteiger partial charge in [-0.2, -0.15) is 0 Å². The number of carbonyl (C=O) groups excluding carboxylic acids is 2. The lowest BCUT2D eigenvalue weighted by molar-refractivity contribution is -0.384. The van der Waals surface area contributed by atoms with Crippen LogP contribution in [0.25, 0.3) is 0 Å². The Morgan fingerprint density at radius 1 is 1.25 bits per heavy atom. The number of fused-ring (bicyclic) bond motifs is 1. The molecule has 3 rings (SSSR count). The summed E-state index contributed by atoms with van der Waals surface area (Å²) in [6.45, 7) is 8.39. The van der Waals surface area contributed by atoms with E-state index in [0.717, 1.165) is 29.7 Å². The second kappa shape index (κ2) is 9.68. The van der Waals surface area contributed by atoms with E-state index in [4.69, 9.17) is 9.47 Å². The Hall–Kier alpha value is -2.94. The molecule has 0 spiro atoms. The number of anilines is 1. The highest BCUT2D eigenvalue weighted by Gasteiger charge is 2.34. The maximum Gasteiger partial charge on any atom is 0.341 e. The molecule has 0 bridgehead atoms. The van der Waals surface area contributed by atoms with Gasteiger partial charge in [-0.05, 0) is 55.2 Å². The van der Waals surface area contributed by atoms with Crippen LogP contribution in [0.1, 0.15) is 54.9 Å². The van der Waals surface area contributed by atoms with E-state index in [1.54, 1.807) is 6.92 Å². The minimum absolute atomic E-state index is 0.0568. The van der Waals surface area contributed by atoms with Crippen molar-refractivity contribution in [1.29, 1.82) is 0 Å². The third-order valence-electron chi connectivity index (χ3n) is 5.64. The van der Waals surface area contributed by atoms with Crippen molar-refractivity contribution in [3.63, 3.8) is 0 Å². The molecule has 8 nitrogen and oxygen atoms in total. The average molecular weight is 461 g/mol. The predicted octanol–water partition coefficient (Wildman–Crippen LogP) is 5.00. The number of ether oxygens (including phenoxy) is 2. The van der Waals surface area contributed by atoms with Crippen molar-refractivity contribution in [3.05, 3.63) is 50.4 Å². The fourth-order valence-electron chi connectivity index (χ4n) is 3.81. The van der Waals surface area contributed by atoms with Crippen LogP contribution in [0.4, 0.5) is 10.7 Å². The highest BCUT2D eigenvalue weighted by Crippen LogP contribution is 2.44. The summed E-state index contributed by atoms with van der Waals surface area (Å²) in [4.78, 5) is 36.6. The molecule has 0 fully saturated rings. The molecule has 0 saturated heterocycles. The number of nitrogens with one attached hydrogen (secondary N) is 1. The van der Waals surface area contributed by atoms with E-state index in [1.165, 1.54) is 35.6 Å². The van der Waals surface area contributed by atoms with Crippen molar-refractivity contribution < 1.29 is 24.0 Å². The number of thiophene rings is 1. The monoisotopic (exact) mass is 460 g/mol. The molecule has 0 aliphatic heterocycles. The van der Waals surface area contributed by atoms with E-state index in [2.05, 4.69) is 26.1 Å². The molecule has 1 unspecified atom stereocenters. The summed E-state index contributed by atoms with van der Waals surface area (Å²) in [6.07, 6.45) is 2.62. The van der Waals surface area contributed by atoms with Crippen LogP contribution < -0.4 is 10.1 Å². The molecule has 32 heavy (non-hydrogen) atoms. The normalized spacial score (nSPS) is 15.6. The molecule has 1 N–H and O–H groups in total. The highest BCUT2D eigenvalue weighted by molar-refractivity contribution is 7.17. The van der Waals surface area contributed by atoms with Gasteiger partial charge in [0.1, 0.15) is 10.8 Å². The molecular weight excluding hydrogens is 432 g/mol. The SMILES string of the molecule is CCOC(=O)c1c(NC(=O)COc2ccc([N+](=O)[O-])cc2)sc2c1CCC(C(C)(C)C)C2. The summed E-state index contributed by atoms with van der Waals surface area (Å²) in [6, 6.07) is 5.49. The molecule has 1 amide bonds. The number of nitro groups is 1. The van der Waals surface area contributed by atoms with Crippen molar-refractivity contribution in [2.75, 3.05) is 18.5 Å². The van der Waals surface area contributed by atoms with Crippen molar-refractivity contribution in [1.82, 2.24) is 0 Å². The van der Waals surface area contributed by atoms with Gasteiger partial charge in [0.05, 0.1) is 17.1 Å². The summed E-state index contributed by atoms with van der Waals surface area (Å²) in [5.41, 5.74) is 1.52. The van der Waals surface area contributed by atoms with Crippen molar-refractivity contribution >= 4 is 33.9 Å². The first-order valence-corrected chi connectivity index (χ1v) is 11.4. The van der Waals surface area contributed by atoms with Crippen molar-refractivity contribution in [2.45, 2.75) is 47.0 Å². The number of benzene rings is 1. The smallest absolute Gasteiger partial charge is 0.341 e. The van der Waals surface area contributed by atoms with Crippen LogP contribution in [0.2, 0.25) is 0 Å². The van der Waals surface area contributed by atoms with Gasteiger partial charge < -0.3 is 14.8 Å². The van der Waals surface area contributed by atoms with E-state index >= 15 is 0 Å². The minimum atomic E-state index is -0.504. The molecule has 2 aromatic rings. The van der Waals surface area contributed by atoms with Gasteiger partial charge in [0.15, 0.2) is 6.61 Å². The molecule has 1 aliphatic carbocycles. The summed E-state index contributed by atoms with van der Waals surface area (Å²) in [5.74, 6) is -0.00163. The summed E-state index contributed by atoms with van der Waals surface area (Å²) < 4.78 is 10.7. The molecule has 1 heterocycles. The second-order valence-electron chi connectivity index (χ2n) is 8.82. The van der Waals surface area contributed by atoms with Crippen LogP contribution in [-0.2, 0) is 22.4 Å². The number of hydrogen-bond donors (Lipinski definition) is 1. The average Bonchev–Trinajstić information content (AvgIpc) is 3.09. The first-order valence-electron chi connectivity index (χ1n) is 10.6. The first-order chi connectivity index (χ1) is 15.1. The molecule has 0 saturated carbocycles. The van der Waals surface area contributed by atoms with Gasteiger partial charge >= 0.3 is 5.97 Å². The fourth-order valence-corrected chi connectivity index (χ4v) is 5.14. The molecular formula is C23H28N2O6S. The Morgan fingerprint density at radius 3 is 2.53 bits per heavy atom. The van der Waals surface area contributed by atoms with Crippen LogP contribution in [0.15, 0.2) is 24.3 Å². The number of nitro benzene ring substituents is 1. The summed E-state index contributed by atoms with van der Waals surface area (Å²) in [5, 5.41) is 14.0. The fraction of sp³-hybridized carbons (Fsp3) is 0.478. The van der Waals surface area contributed by atoms with Crippen LogP contribution in [0.5, 0.6) is 5.75 Å². The molecule has 1 aromatic heterocycles. The molecule has 172 valence electrons. The predicted molar refractivity (Wildman–Crippen MR) is 122 cm³/mol. The third kappa shape index (κ3) is 5.45. The van der Waals surface area contributed by atoms with Gasteiger partial charge in [-0.1, -0.05) is 20.8 Å². The molecule has 1 aromatic carbocycles. The Bertz CT molecular complexity index is 1010. The standard InChI is InChI=1S/C23H28N2O6S/c1-5-30-22(27)20-17-11-6-14(23(2,3)4)12-18(17)32-21(20)24-19(26)13-31-16-9-7-15(8-10-16)25(28)29/h7-10,14H,5-6,11-13H2,1-4H3,(H,24,26). The van der Waals surface area contributed by atoms with Gasteiger partial charge in [0, 0.05) is 17.0 Å². The summed E-state index contributed by atoms with van der Waals surface area (Å²) >= 11 is 1.43. The molecule has 9 heteroatoms. The number of amides is 1. The van der Waals surface area contributed by atoms with E-state index < -0.39 is 16.8 Å². The zero-order valence-electron chi connectivity index (χ0n) is 18.7. The van der Waals surface area contributed by atoms with Gasteiger partial charge in [-0.25, -0.2) is 4.79 Å². The van der Waals surface area contributed by atoms with Gasteiger partial charge in [-0.3, -0.25) is 14.9 Å². The minimum Gasteiger partial charge on any atom is -0.484 e. The van der Waals surface area contributed by atoms with E-state index in [9.17, 15) is 19.7 Å². The van der Waals surface area contributed by atoms with E-state index in [0.29, 0.717) is 22.2 Å². The summed E-state index contributed by atoms with van der Waals surface area (Å²) in [7, 11) is 0. The topological polar surface area (TPSA) is 108 Å². The van der Waals surface area contributed by atoms with E-state index in [-0.39, 0.29) is 24.3 Å². The first kappa shape index (κ1) is 23.7. The van der Waals surface area contributed by atoms with Crippen LogP contribution in [0.3, 0.4) is 0 Å². The van der Waals surface area contributed by atoms with Crippen LogP contribution in [0, 0.1) is 21.4 Å². The maximum atomic E-state index is 12.7. The lowest BCUT2D eigenvalue weighted by Gasteiger charge is -2.33. The van der Waals surface area contributed by atoms with Gasteiger partial charge in [-0.15, -0.1) is 11.3 Å². The lowest BCUT2D eigenvalue weighted by atomic mass is 9.72. The number of esters is 1.